The highest BCUT2D eigenvalue weighted by atomic mass is 32.2. The lowest BCUT2D eigenvalue weighted by molar-refractivity contribution is 0.0821. The Balaban J connectivity index is 2.64. The summed E-state index contributed by atoms with van der Waals surface area (Å²) < 4.78 is 0.139. The molecule has 0 atom stereocenters. The Morgan fingerprint density at radius 2 is 2.06 bits per heavy atom. The zero-order chi connectivity index (χ0) is 13.8. The van der Waals surface area contributed by atoms with Gasteiger partial charge in [-0.15, -0.1) is 10.2 Å². The van der Waals surface area contributed by atoms with Crippen molar-refractivity contribution >= 4 is 23.5 Å². The Morgan fingerprint density at radius 3 is 2.50 bits per heavy atom. The number of rotatable bonds is 5. The van der Waals surface area contributed by atoms with Gasteiger partial charge >= 0.3 is 0 Å². The van der Waals surface area contributed by atoms with Crippen LogP contribution in [0, 0.1) is 0 Å². The summed E-state index contributed by atoms with van der Waals surface area (Å²) >= 11 is 1.79. The number of hydrogen-bond donors (Lipinski definition) is 1. The van der Waals surface area contributed by atoms with Crippen molar-refractivity contribution in [1.82, 2.24) is 15.1 Å². The number of thioether (sulfide) groups is 1. The van der Waals surface area contributed by atoms with Gasteiger partial charge in [0.25, 0.3) is 5.91 Å². The van der Waals surface area contributed by atoms with Crippen molar-refractivity contribution in [3.05, 3.63) is 17.8 Å². The van der Waals surface area contributed by atoms with E-state index in [4.69, 9.17) is 0 Å². The number of nitrogens with one attached hydrogen (secondary N) is 1. The van der Waals surface area contributed by atoms with Gasteiger partial charge < -0.3 is 10.2 Å². The second kappa shape index (κ2) is 6.04. The Morgan fingerprint density at radius 1 is 1.39 bits per heavy atom. The lowest BCUT2D eigenvalue weighted by Crippen LogP contribution is -2.27. The van der Waals surface area contributed by atoms with Crippen LogP contribution in [-0.2, 0) is 0 Å². The van der Waals surface area contributed by atoms with E-state index in [1.807, 2.05) is 0 Å². The molecule has 100 valence electrons. The van der Waals surface area contributed by atoms with Crippen molar-refractivity contribution in [2.24, 2.45) is 0 Å². The van der Waals surface area contributed by atoms with Gasteiger partial charge in [0.2, 0.25) is 0 Å². The van der Waals surface area contributed by atoms with E-state index in [0.717, 1.165) is 6.54 Å². The van der Waals surface area contributed by atoms with Gasteiger partial charge in [-0.2, -0.15) is 11.8 Å². The Bertz CT molecular complexity index is 403. The average Bonchev–Trinajstić information content (AvgIpc) is 2.36. The summed E-state index contributed by atoms with van der Waals surface area (Å²) in [5.74, 6) is 0.547. The highest BCUT2D eigenvalue weighted by Gasteiger charge is 2.16. The Kier molecular flexibility index (Phi) is 4.95. The van der Waals surface area contributed by atoms with Crippen LogP contribution in [0.4, 0.5) is 5.82 Å². The Hall–Kier alpha value is -1.30. The van der Waals surface area contributed by atoms with E-state index in [1.54, 1.807) is 38.0 Å². The minimum Gasteiger partial charge on any atom is -0.367 e. The number of carbonyl (C=O) groups is 1. The van der Waals surface area contributed by atoms with Crippen LogP contribution in [0.5, 0.6) is 0 Å². The van der Waals surface area contributed by atoms with Crippen LogP contribution in [0.25, 0.3) is 0 Å². The zero-order valence-corrected chi connectivity index (χ0v) is 12.3. The van der Waals surface area contributed by atoms with Crippen LogP contribution >= 0.6 is 11.8 Å². The number of aromatic nitrogens is 2. The first-order valence-corrected chi connectivity index (χ1v) is 6.92. The first kappa shape index (κ1) is 14.8. The fourth-order valence-corrected chi connectivity index (χ4v) is 1.36. The second-order valence-electron chi connectivity index (χ2n) is 4.82. The van der Waals surface area contributed by atoms with Crippen molar-refractivity contribution in [1.29, 1.82) is 0 Å². The van der Waals surface area contributed by atoms with Gasteiger partial charge in [-0.3, -0.25) is 4.79 Å². The van der Waals surface area contributed by atoms with E-state index >= 15 is 0 Å². The quantitative estimate of drug-likeness (QED) is 0.881. The van der Waals surface area contributed by atoms with E-state index < -0.39 is 0 Å². The van der Waals surface area contributed by atoms with Crippen molar-refractivity contribution in [2.75, 3.05) is 32.2 Å². The van der Waals surface area contributed by atoms with E-state index in [2.05, 4.69) is 35.6 Å². The summed E-state index contributed by atoms with van der Waals surface area (Å²) in [4.78, 5) is 13.1. The van der Waals surface area contributed by atoms with Gasteiger partial charge in [-0.05, 0) is 32.2 Å². The number of hydrogen-bond acceptors (Lipinski definition) is 5. The smallest absolute Gasteiger partial charge is 0.273 e. The van der Waals surface area contributed by atoms with Crippen LogP contribution in [0.2, 0.25) is 0 Å². The predicted octanol–water partition coefficient (Wildman–Crippen LogP) is 1.73. The largest absolute Gasteiger partial charge is 0.367 e. The summed E-state index contributed by atoms with van der Waals surface area (Å²) in [6.07, 6.45) is 2.08. The maximum absolute atomic E-state index is 11.6. The molecule has 18 heavy (non-hydrogen) atoms. The molecule has 0 aliphatic heterocycles. The molecule has 0 aliphatic carbocycles. The molecule has 6 heteroatoms. The standard InChI is InChI=1S/C12H20N4OS/c1-12(2,18-5)8-13-10-7-6-9(14-15-10)11(17)16(3)4/h6-7H,8H2,1-5H3,(H,13,15). The monoisotopic (exact) mass is 268 g/mol. The van der Waals surface area contributed by atoms with Crippen molar-refractivity contribution in [2.45, 2.75) is 18.6 Å². The molecule has 0 fully saturated rings. The molecule has 0 saturated carbocycles. The minimum atomic E-state index is -0.140. The Labute approximate surface area is 112 Å². The highest BCUT2D eigenvalue weighted by molar-refractivity contribution is 7.99. The topological polar surface area (TPSA) is 58.1 Å². The molecule has 0 unspecified atom stereocenters. The normalized spacial score (nSPS) is 11.2. The first-order chi connectivity index (χ1) is 8.35. The number of nitrogens with zero attached hydrogens (tertiary/aromatic N) is 3. The molecule has 1 amide bonds. The summed E-state index contributed by atoms with van der Waals surface area (Å²) in [6.45, 7) is 5.11. The lowest BCUT2D eigenvalue weighted by atomic mass is 10.2. The number of amides is 1. The number of anilines is 1. The molecule has 5 nitrogen and oxygen atoms in total. The second-order valence-corrected chi connectivity index (χ2v) is 6.33. The van der Waals surface area contributed by atoms with Crippen LogP contribution in [0.1, 0.15) is 24.3 Å². The van der Waals surface area contributed by atoms with Gasteiger partial charge in [0, 0.05) is 25.4 Å². The molecule has 0 aromatic carbocycles. The zero-order valence-electron chi connectivity index (χ0n) is 11.5. The molecule has 0 radical (unpaired) electrons. The fraction of sp³-hybridized carbons (Fsp3) is 0.583. The van der Waals surface area contributed by atoms with Crippen molar-refractivity contribution < 1.29 is 4.79 Å². The van der Waals surface area contributed by atoms with Crippen molar-refractivity contribution in [3.63, 3.8) is 0 Å². The molecule has 0 saturated heterocycles. The van der Waals surface area contributed by atoms with E-state index in [-0.39, 0.29) is 10.7 Å². The SMILES string of the molecule is CSC(C)(C)CNc1ccc(C(=O)N(C)C)nn1. The molecule has 1 heterocycles. The fourth-order valence-electron chi connectivity index (χ4n) is 1.15. The van der Waals surface area contributed by atoms with Crippen molar-refractivity contribution in [3.8, 4) is 0 Å². The molecule has 1 rings (SSSR count). The third kappa shape index (κ3) is 4.18. The molecule has 1 aromatic rings. The molecule has 1 N–H and O–H groups in total. The molecule has 0 bridgehead atoms. The van der Waals surface area contributed by atoms with Crippen LogP contribution in [-0.4, -0.2) is 52.6 Å². The molecular formula is C12H20N4OS. The minimum absolute atomic E-state index is 0.139. The molecule has 0 spiro atoms. The summed E-state index contributed by atoms with van der Waals surface area (Å²) in [7, 11) is 3.38. The van der Waals surface area contributed by atoms with Gasteiger partial charge in [-0.1, -0.05) is 0 Å². The summed E-state index contributed by atoms with van der Waals surface area (Å²) in [6, 6.07) is 3.46. The van der Waals surface area contributed by atoms with E-state index in [9.17, 15) is 4.79 Å². The van der Waals surface area contributed by atoms with E-state index in [0.29, 0.717) is 11.5 Å². The highest BCUT2D eigenvalue weighted by Crippen LogP contribution is 2.21. The van der Waals surface area contributed by atoms with Gasteiger partial charge in [0.15, 0.2) is 5.69 Å². The van der Waals surface area contributed by atoms with Gasteiger partial charge in [-0.25, -0.2) is 0 Å². The number of carbonyl (C=O) groups excluding carboxylic acids is 1. The lowest BCUT2D eigenvalue weighted by Gasteiger charge is -2.22. The molecular weight excluding hydrogens is 248 g/mol. The summed E-state index contributed by atoms with van der Waals surface area (Å²) in [5.41, 5.74) is 0.356. The summed E-state index contributed by atoms with van der Waals surface area (Å²) in [5, 5.41) is 11.1. The van der Waals surface area contributed by atoms with Crippen LogP contribution in [0.3, 0.4) is 0 Å². The third-order valence-electron chi connectivity index (χ3n) is 2.54. The average molecular weight is 268 g/mol. The maximum atomic E-state index is 11.6. The maximum Gasteiger partial charge on any atom is 0.273 e. The van der Waals surface area contributed by atoms with Crippen LogP contribution in [0.15, 0.2) is 12.1 Å². The predicted molar refractivity (Wildman–Crippen MR) is 76.1 cm³/mol. The van der Waals surface area contributed by atoms with E-state index in [1.165, 1.54) is 4.90 Å². The molecule has 0 aliphatic rings. The van der Waals surface area contributed by atoms with Gasteiger partial charge in [0.05, 0.1) is 0 Å². The van der Waals surface area contributed by atoms with Gasteiger partial charge in [0.1, 0.15) is 5.82 Å². The third-order valence-corrected chi connectivity index (χ3v) is 3.79. The molecule has 1 aromatic heterocycles. The first-order valence-electron chi connectivity index (χ1n) is 5.70. The van der Waals surface area contributed by atoms with Crippen LogP contribution < -0.4 is 5.32 Å².